The van der Waals surface area contributed by atoms with Crippen molar-refractivity contribution >= 4 is 23.4 Å². The maximum absolute atomic E-state index is 5.37. The first kappa shape index (κ1) is 20.2. The number of anilines is 1. The molecule has 0 aromatic heterocycles. The maximum Gasteiger partial charge on any atom is 0.193 e. The smallest absolute Gasteiger partial charge is 0.193 e. The summed E-state index contributed by atoms with van der Waals surface area (Å²) in [5, 5.41) is 4.35. The second kappa shape index (κ2) is 9.58. The topological polar surface area (TPSA) is 40.1 Å². The highest BCUT2D eigenvalue weighted by molar-refractivity contribution is 8.00. The normalized spacial score (nSPS) is 23.8. The van der Waals surface area contributed by atoms with Crippen molar-refractivity contribution in [2.75, 3.05) is 57.5 Å². The van der Waals surface area contributed by atoms with E-state index >= 15 is 0 Å². The fraction of sp³-hybridized carbons (Fsp3) is 0.667. The Balaban J connectivity index is 1.51. The Morgan fingerprint density at radius 1 is 1.33 bits per heavy atom. The van der Waals surface area contributed by atoms with Gasteiger partial charge in [-0.3, -0.25) is 4.99 Å². The molecule has 0 amide bonds. The van der Waals surface area contributed by atoms with Gasteiger partial charge in [0.2, 0.25) is 0 Å². The number of aliphatic imine (C=N–C) groups is 1. The summed E-state index contributed by atoms with van der Waals surface area (Å²) in [6.45, 7) is 10.0. The Labute approximate surface area is 168 Å². The molecule has 2 unspecified atom stereocenters. The Morgan fingerprint density at radius 3 is 2.93 bits per heavy atom. The molecule has 5 nitrogen and oxygen atoms in total. The average molecular weight is 391 g/mol. The molecule has 1 aromatic carbocycles. The number of ether oxygens (including phenoxy) is 1. The fourth-order valence-electron chi connectivity index (χ4n) is 3.88. The van der Waals surface area contributed by atoms with E-state index in [1.807, 2.05) is 13.1 Å². The standard InChI is InChI=1S/C21H34N4OS/c1-16(2)20-15-25(10-11-27-20)21(22-3)23-13-17-8-9-24(14-17)18-6-5-7-19(12-18)26-4/h5-7,12,16-17,20H,8-11,13-15H2,1-4H3,(H,22,23). The number of nitrogens with zero attached hydrogens (tertiary/aromatic N) is 3. The summed E-state index contributed by atoms with van der Waals surface area (Å²) >= 11 is 2.11. The molecular weight excluding hydrogens is 356 g/mol. The molecule has 2 aliphatic rings. The summed E-state index contributed by atoms with van der Waals surface area (Å²) < 4.78 is 5.37. The highest BCUT2D eigenvalue weighted by atomic mass is 32.2. The molecule has 150 valence electrons. The zero-order chi connectivity index (χ0) is 19.2. The molecule has 2 fully saturated rings. The lowest BCUT2D eigenvalue weighted by atomic mass is 10.1. The van der Waals surface area contributed by atoms with Crippen molar-refractivity contribution < 1.29 is 4.74 Å². The SMILES string of the molecule is CN=C(NCC1CCN(c2cccc(OC)c2)C1)N1CCSC(C(C)C)C1. The number of nitrogens with one attached hydrogen (secondary N) is 1. The van der Waals surface area contributed by atoms with Crippen LogP contribution < -0.4 is 15.0 Å². The highest BCUT2D eigenvalue weighted by Gasteiger charge is 2.27. The molecule has 0 radical (unpaired) electrons. The summed E-state index contributed by atoms with van der Waals surface area (Å²) in [5.41, 5.74) is 1.26. The van der Waals surface area contributed by atoms with Gasteiger partial charge in [-0.2, -0.15) is 11.8 Å². The maximum atomic E-state index is 5.37. The first-order valence-electron chi connectivity index (χ1n) is 10.1. The van der Waals surface area contributed by atoms with Gasteiger partial charge in [-0.1, -0.05) is 19.9 Å². The predicted octanol–water partition coefficient (Wildman–Crippen LogP) is 3.17. The molecule has 6 heteroatoms. The Kier molecular flexibility index (Phi) is 7.16. The van der Waals surface area contributed by atoms with Gasteiger partial charge in [-0.25, -0.2) is 0 Å². The second-order valence-electron chi connectivity index (χ2n) is 7.83. The third-order valence-corrected chi connectivity index (χ3v) is 7.14. The van der Waals surface area contributed by atoms with Gasteiger partial charge in [-0.15, -0.1) is 0 Å². The summed E-state index contributed by atoms with van der Waals surface area (Å²) in [4.78, 5) is 9.46. The molecule has 2 atom stereocenters. The van der Waals surface area contributed by atoms with E-state index in [1.165, 1.54) is 17.9 Å². The van der Waals surface area contributed by atoms with Crippen LogP contribution in [0.2, 0.25) is 0 Å². The molecule has 3 rings (SSSR count). The molecule has 1 N–H and O–H groups in total. The van der Waals surface area contributed by atoms with Crippen LogP contribution in [0.1, 0.15) is 20.3 Å². The molecule has 2 aliphatic heterocycles. The van der Waals surface area contributed by atoms with Gasteiger partial charge >= 0.3 is 0 Å². The van der Waals surface area contributed by atoms with Crippen molar-refractivity contribution in [3.63, 3.8) is 0 Å². The van der Waals surface area contributed by atoms with E-state index < -0.39 is 0 Å². The summed E-state index contributed by atoms with van der Waals surface area (Å²) in [6, 6.07) is 8.38. The molecule has 27 heavy (non-hydrogen) atoms. The van der Waals surface area contributed by atoms with Gasteiger partial charge in [0.25, 0.3) is 0 Å². The number of thioether (sulfide) groups is 1. The van der Waals surface area contributed by atoms with E-state index in [4.69, 9.17) is 4.74 Å². The van der Waals surface area contributed by atoms with Crippen molar-refractivity contribution in [1.82, 2.24) is 10.2 Å². The lowest BCUT2D eigenvalue weighted by Crippen LogP contribution is -2.50. The summed E-state index contributed by atoms with van der Waals surface area (Å²) in [5.74, 6) is 4.55. The van der Waals surface area contributed by atoms with E-state index in [1.54, 1.807) is 7.11 Å². The van der Waals surface area contributed by atoms with Crippen LogP contribution in [0.3, 0.4) is 0 Å². The molecular formula is C21H34N4OS. The number of hydrogen-bond acceptors (Lipinski definition) is 4. The van der Waals surface area contributed by atoms with Gasteiger partial charge in [0.15, 0.2) is 5.96 Å². The van der Waals surface area contributed by atoms with Crippen LogP contribution in [-0.2, 0) is 0 Å². The largest absolute Gasteiger partial charge is 0.497 e. The lowest BCUT2D eigenvalue weighted by Gasteiger charge is -2.36. The minimum atomic E-state index is 0.646. The zero-order valence-electron chi connectivity index (χ0n) is 17.1. The lowest BCUT2D eigenvalue weighted by molar-refractivity contribution is 0.377. The molecule has 2 heterocycles. The highest BCUT2D eigenvalue weighted by Crippen LogP contribution is 2.27. The van der Waals surface area contributed by atoms with Gasteiger partial charge in [-0.05, 0) is 30.4 Å². The molecule has 2 saturated heterocycles. The summed E-state index contributed by atoms with van der Waals surface area (Å²) in [6.07, 6.45) is 1.21. The monoisotopic (exact) mass is 390 g/mol. The number of guanidine groups is 1. The van der Waals surface area contributed by atoms with Crippen LogP contribution in [0.4, 0.5) is 5.69 Å². The third-order valence-electron chi connectivity index (χ3n) is 5.60. The Morgan fingerprint density at radius 2 is 2.19 bits per heavy atom. The third kappa shape index (κ3) is 5.24. The fourth-order valence-corrected chi connectivity index (χ4v) is 5.18. The minimum Gasteiger partial charge on any atom is -0.497 e. The number of methoxy groups -OCH3 is 1. The number of benzene rings is 1. The molecule has 0 bridgehead atoms. The van der Waals surface area contributed by atoms with Crippen LogP contribution in [0, 0.1) is 11.8 Å². The average Bonchev–Trinajstić information content (AvgIpc) is 3.18. The van der Waals surface area contributed by atoms with E-state index in [0.29, 0.717) is 17.1 Å². The van der Waals surface area contributed by atoms with Gasteiger partial charge in [0.1, 0.15) is 5.75 Å². The van der Waals surface area contributed by atoms with Crippen molar-refractivity contribution in [2.45, 2.75) is 25.5 Å². The van der Waals surface area contributed by atoms with Crippen LogP contribution in [0.15, 0.2) is 29.3 Å². The minimum absolute atomic E-state index is 0.646. The summed E-state index contributed by atoms with van der Waals surface area (Å²) in [7, 11) is 3.63. The number of hydrogen-bond donors (Lipinski definition) is 1. The van der Waals surface area contributed by atoms with Crippen molar-refractivity contribution in [1.29, 1.82) is 0 Å². The quantitative estimate of drug-likeness (QED) is 0.618. The molecule has 0 saturated carbocycles. The van der Waals surface area contributed by atoms with Crippen molar-refractivity contribution in [3.8, 4) is 5.75 Å². The van der Waals surface area contributed by atoms with Crippen LogP contribution in [0.25, 0.3) is 0 Å². The Hall–Kier alpha value is -1.56. The first-order chi connectivity index (χ1) is 13.1. The van der Waals surface area contributed by atoms with Crippen molar-refractivity contribution in [3.05, 3.63) is 24.3 Å². The predicted molar refractivity (Wildman–Crippen MR) is 117 cm³/mol. The van der Waals surface area contributed by atoms with E-state index in [0.717, 1.165) is 44.4 Å². The van der Waals surface area contributed by atoms with E-state index in [-0.39, 0.29) is 0 Å². The van der Waals surface area contributed by atoms with E-state index in [9.17, 15) is 0 Å². The Bertz CT molecular complexity index is 636. The second-order valence-corrected chi connectivity index (χ2v) is 9.18. The van der Waals surface area contributed by atoms with Gasteiger partial charge in [0, 0.05) is 62.5 Å². The van der Waals surface area contributed by atoms with Gasteiger partial charge < -0.3 is 19.9 Å². The molecule has 0 spiro atoms. The van der Waals surface area contributed by atoms with Gasteiger partial charge in [0.05, 0.1) is 7.11 Å². The van der Waals surface area contributed by atoms with Crippen LogP contribution in [-0.4, -0.2) is 68.7 Å². The number of rotatable bonds is 5. The molecule has 1 aromatic rings. The van der Waals surface area contributed by atoms with E-state index in [2.05, 4.69) is 63.9 Å². The van der Waals surface area contributed by atoms with Crippen molar-refractivity contribution in [2.24, 2.45) is 16.8 Å². The van der Waals surface area contributed by atoms with Crippen LogP contribution in [0.5, 0.6) is 5.75 Å². The first-order valence-corrected chi connectivity index (χ1v) is 11.1. The van der Waals surface area contributed by atoms with Crippen LogP contribution >= 0.6 is 11.8 Å². The zero-order valence-corrected chi connectivity index (χ0v) is 18.0. The molecule has 0 aliphatic carbocycles.